The summed E-state index contributed by atoms with van der Waals surface area (Å²) >= 11 is 3.16. The van der Waals surface area contributed by atoms with Gasteiger partial charge in [0.25, 0.3) is 0 Å². The summed E-state index contributed by atoms with van der Waals surface area (Å²) in [4.78, 5) is 2.09. The van der Waals surface area contributed by atoms with Crippen LogP contribution in [-0.2, 0) is 0 Å². The summed E-state index contributed by atoms with van der Waals surface area (Å²) in [5, 5.41) is 3.55. The van der Waals surface area contributed by atoms with Gasteiger partial charge in [0.1, 0.15) is 11.6 Å². The monoisotopic (exact) mass is 360 g/mol. The predicted octanol–water partition coefficient (Wildman–Crippen LogP) is 4.33. The first-order valence-electron chi connectivity index (χ1n) is 7.56. The van der Waals surface area contributed by atoms with E-state index < -0.39 is 11.6 Å². The van der Waals surface area contributed by atoms with E-state index in [2.05, 4.69) is 46.9 Å². The molecule has 0 spiro atoms. The van der Waals surface area contributed by atoms with Crippen molar-refractivity contribution in [1.82, 2.24) is 5.32 Å². The number of halogens is 3. The molecule has 1 aromatic rings. The predicted molar refractivity (Wildman–Crippen MR) is 86.7 cm³/mol. The molecule has 1 aliphatic rings. The smallest absolute Gasteiger partial charge is 0.149 e. The first-order valence-corrected chi connectivity index (χ1v) is 8.36. The first-order chi connectivity index (χ1) is 9.92. The molecule has 0 saturated carbocycles. The van der Waals surface area contributed by atoms with Crippen LogP contribution in [0.5, 0.6) is 0 Å². The number of nitrogens with zero attached hydrogens (tertiary/aromatic N) is 1. The molecular formula is C16H23BrF2N2. The Morgan fingerprint density at radius 1 is 1.33 bits per heavy atom. The highest BCUT2D eigenvalue weighted by molar-refractivity contribution is 9.10. The highest BCUT2D eigenvalue weighted by Gasteiger charge is 2.29. The summed E-state index contributed by atoms with van der Waals surface area (Å²) in [7, 11) is 0. The molecule has 2 unspecified atom stereocenters. The van der Waals surface area contributed by atoms with Gasteiger partial charge in [0, 0.05) is 31.2 Å². The van der Waals surface area contributed by atoms with Crippen molar-refractivity contribution in [2.24, 2.45) is 5.92 Å². The molecule has 1 saturated heterocycles. The average Bonchev–Trinajstić information content (AvgIpc) is 2.42. The number of hydrogen-bond acceptors (Lipinski definition) is 2. The van der Waals surface area contributed by atoms with Crippen molar-refractivity contribution >= 4 is 21.6 Å². The van der Waals surface area contributed by atoms with Crippen LogP contribution in [0.1, 0.15) is 33.6 Å². The summed E-state index contributed by atoms with van der Waals surface area (Å²) in [5.74, 6) is -0.454. The lowest BCUT2D eigenvalue weighted by atomic mass is 9.98. The minimum Gasteiger partial charge on any atom is -0.363 e. The third kappa shape index (κ3) is 3.95. The van der Waals surface area contributed by atoms with Crippen molar-refractivity contribution in [1.29, 1.82) is 0 Å². The van der Waals surface area contributed by atoms with Crippen molar-refractivity contribution in [3.63, 3.8) is 0 Å². The Labute approximate surface area is 134 Å². The number of rotatable bonds is 4. The molecule has 21 heavy (non-hydrogen) atoms. The molecule has 0 aliphatic carbocycles. The van der Waals surface area contributed by atoms with Crippen molar-refractivity contribution < 1.29 is 8.78 Å². The van der Waals surface area contributed by atoms with Crippen LogP contribution in [0.4, 0.5) is 14.5 Å². The highest BCUT2D eigenvalue weighted by Crippen LogP contribution is 2.30. The van der Waals surface area contributed by atoms with E-state index in [0.717, 1.165) is 32.0 Å². The lowest BCUT2D eigenvalue weighted by Gasteiger charge is -2.42. The second kappa shape index (κ2) is 7.05. The third-order valence-corrected chi connectivity index (χ3v) is 4.63. The number of piperazine rings is 1. The maximum Gasteiger partial charge on any atom is 0.149 e. The molecule has 0 radical (unpaired) electrons. The van der Waals surface area contributed by atoms with Crippen LogP contribution in [0.3, 0.4) is 0 Å². The van der Waals surface area contributed by atoms with Crippen LogP contribution in [0.15, 0.2) is 16.6 Å². The molecule has 1 aromatic carbocycles. The van der Waals surface area contributed by atoms with Gasteiger partial charge in [0.15, 0.2) is 0 Å². The Morgan fingerprint density at radius 2 is 2.05 bits per heavy atom. The molecule has 0 bridgehead atoms. The number of benzene rings is 1. The zero-order valence-corrected chi connectivity index (χ0v) is 14.4. The molecule has 1 N–H and O–H groups in total. The Balaban J connectivity index is 2.26. The molecule has 2 rings (SSSR count). The Bertz CT molecular complexity index is 493. The number of anilines is 1. The minimum absolute atomic E-state index is 0.236. The van der Waals surface area contributed by atoms with Gasteiger partial charge in [-0.3, -0.25) is 0 Å². The van der Waals surface area contributed by atoms with Crippen LogP contribution < -0.4 is 10.2 Å². The fourth-order valence-corrected chi connectivity index (χ4v) is 3.31. The quantitative estimate of drug-likeness (QED) is 0.803. The molecule has 2 atom stereocenters. The van der Waals surface area contributed by atoms with E-state index in [1.165, 1.54) is 0 Å². The minimum atomic E-state index is -0.557. The van der Waals surface area contributed by atoms with Crippen LogP contribution in [-0.4, -0.2) is 25.2 Å². The highest BCUT2D eigenvalue weighted by atomic mass is 79.9. The largest absolute Gasteiger partial charge is 0.363 e. The SMILES string of the molecule is CCC1CNC(CC(C)C)CN1c1cc(Br)c(F)cc1F. The van der Waals surface area contributed by atoms with Crippen molar-refractivity contribution in [2.45, 2.75) is 45.7 Å². The van der Waals surface area contributed by atoms with Crippen LogP contribution in [0, 0.1) is 17.6 Å². The second-order valence-electron chi connectivity index (χ2n) is 6.17. The van der Waals surface area contributed by atoms with Gasteiger partial charge in [-0.2, -0.15) is 0 Å². The van der Waals surface area contributed by atoms with Crippen LogP contribution in [0.25, 0.3) is 0 Å². The Kier molecular flexibility index (Phi) is 5.60. The van der Waals surface area contributed by atoms with E-state index in [9.17, 15) is 8.78 Å². The summed E-state index contributed by atoms with van der Waals surface area (Å²) in [6, 6.07) is 3.10. The maximum absolute atomic E-state index is 14.2. The van der Waals surface area contributed by atoms with Gasteiger partial charge in [0.2, 0.25) is 0 Å². The molecular weight excluding hydrogens is 338 g/mol. The molecule has 1 aliphatic heterocycles. The zero-order valence-electron chi connectivity index (χ0n) is 12.8. The van der Waals surface area contributed by atoms with Gasteiger partial charge >= 0.3 is 0 Å². The standard InChI is InChI=1S/C16H23BrF2N2/c1-4-12-8-20-11(5-10(2)3)9-21(12)16-6-13(17)14(18)7-15(16)19/h6-7,10-12,20H,4-5,8-9H2,1-3H3. The molecule has 1 heterocycles. The van der Waals surface area contributed by atoms with Gasteiger partial charge in [-0.1, -0.05) is 20.8 Å². The molecule has 5 heteroatoms. The summed E-state index contributed by atoms with van der Waals surface area (Å²) < 4.78 is 27.9. The second-order valence-corrected chi connectivity index (χ2v) is 7.02. The van der Waals surface area contributed by atoms with E-state index >= 15 is 0 Å². The zero-order chi connectivity index (χ0) is 15.6. The number of nitrogens with one attached hydrogen (secondary N) is 1. The Morgan fingerprint density at radius 3 is 2.67 bits per heavy atom. The molecule has 118 valence electrons. The molecule has 0 aromatic heterocycles. The van der Waals surface area contributed by atoms with Crippen molar-refractivity contribution in [3.05, 3.63) is 28.2 Å². The van der Waals surface area contributed by atoms with Gasteiger partial charge in [0.05, 0.1) is 10.2 Å². The lowest BCUT2D eigenvalue weighted by molar-refractivity contribution is 0.341. The van der Waals surface area contributed by atoms with E-state index in [-0.39, 0.29) is 6.04 Å². The fraction of sp³-hybridized carbons (Fsp3) is 0.625. The fourth-order valence-electron chi connectivity index (χ4n) is 2.98. The van der Waals surface area contributed by atoms with Gasteiger partial charge < -0.3 is 10.2 Å². The van der Waals surface area contributed by atoms with E-state index in [1.807, 2.05) is 0 Å². The topological polar surface area (TPSA) is 15.3 Å². The normalized spacial score (nSPS) is 22.9. The van der Waals surface area contributed by atoms with Gasteiger partial charge in [-0.05, 0) is 40.8 Å². The van der Waals surface area contributed by atoms with Crippen molar-refractivity contribution in [3.8, 4) is 0 Å². The average molecular weight is 361 g/mol. The van der Waals surface area contributed by atoms with Crippen molar-refractivity contribution in [2.75, 3.05) is 18.0 Å². The first kappa shape index (κ1) is 16.7. The van der Waals surface area contributed by atoms with Crippen LogP contribution in [0.2, 0.25) is 0 Å². The number of hydrogen-bond donors (Lipinski definition) is 1. The lowest BCUT2D eigenvalue weighted by Crippen LogP contribution is -2.57. The molecule has 2 nitrogen and oxygen atoms in total. The van der Waals surface area contributed by atoms with Gasteiger partial charge in [-0.15, -0.1) is 0 Å². The van der Waals surface area contributed by atoms with E-state index in [1.54, 1.807) is 6.07 Å². The third-order valence-electron chi connectivity index (χ3n) is 4.03. The van der Waals surface area contributed by atoms with E-state index in [0.29, 0.717) is 22.1 Å². The molecule has 0 amide bonds. The maximum atomic E-state index is 14.2. The summed E-state index contributed by atoms with van der Waals surface area (Å²) in [6.45, 7) is 8.06. The Hall–Kier alpha value is -0.680. The summed E-state index contributed by atoms with van der Waals surface area (Å²) in [6.07, 6.45) is 1.98. The molecule has 1 fully saturated rings. The summed E-state index contributed by atoms with van der Waals surface area (Å²) in [5.41, 5.74) is 0.491. The van der Waals surface area contributed by atoms with Crippen LogP contribution >= 0.6 is 15.9 Å². The van der Waals surface area contributed by atoms with Gasteiger partial charge in [-0.25, -0.2) is 8.78 Å². The van der Waals surface area contributed by atoms with E-state index in [4.69, 9.17) is 0 Å².